The normalized spacial score (nSPS) is 12.0. The van der Waals surface area contributed by atoms with Gasteiger partial charge in [-0.25, -0.2) is 0 Å². The minimum atomic E-state index is 1.19. The summed E-state index contributed by atoms with van der Waals surface area (Å²) >= 11 is 0. The van der Waals surface area contributed by atoms with Crippen molar-refractivity contribution in [2.45, 2.75) is 129 Å². The fourth-order valence-electron chi connectivity index (χ4n) is 4.22. The van der Waals surface area contributed by atoms with Gasteiger partial charge < -0.3 is 9.80 Å². The van der Waals surface area contributed by atoms with E-state index in [1.54, 1.807) is 0 Å². The van der Waals surface area contributed by atoms with E-state index in [9.17, 15) is 0 Å². The molecule has 0 aromatic heterocycles. The number of hydrogen-bond acceptors (Lipinski definition) is 1. The van der Waals surface area contributed by atoms with Gasteiger partial charge in [-0.15, -0.1) is 0 Å². The number of unbranched alkanes of at least 4 members (excludes halogenated alkanes) is 17. The SMILES string of the molecule is CCCCCCCCCCCC[N+](C)(C)CCCCCCCCCCCNC. The Balaban J connectivity index is 3.30. The van der Waals surface area contributed by atoms with Crippen LogP contribution in [0.25, 0.3) is 0 Å². The van der Waals surface area contributed by atoms with Crippen molar-refractivity contribution in [2.75, 3.05) is 40.8 Å². The number of hydrogen-bond donors (Lipinski definition) is 1. The topological polar surface area (TPSA) is 12.0 Å². The summed E-state index contributed by atoms with van der Waals surface area (Å²) in [4.78, 5) is 0. The van der Waals surface area contributed by atoms with Gasteiger partial charge in [0.15, 0.2) is 0 Å². The summed E-state index contributed by atoms with van der Waals surface area (Å²) in [5.74, 6) is 0. The van der Waals surface area contributed by atoms with Crippen molar-refractivity contribution in [2.24, 2.45) is 0 Å². The first-order valence-corrected chi connectivity index (χ1v) is 13.1. The second-order valence-corrected chi connectivity index (χ2v) is 9.85. The molecule has 0 amide bonds. The molecule has 0 spiro atoms. The van der Waals surface area contributed by atoms with Crippen molar-refractivity contribution in [1.29, 1.82) is 0 Å². The molecular formula is C26H57N2+. The van der Waals surface area contributed by atoms with Crippen LogP contribution in [0.4, 0.5) is 0 Å². The van der Waals surface area contributed by atoms with Crippen molar-refractivity contribution < 1.29 is 4.48 Å². The van der Waals surface area contributed by atoms with Gasteiger partial charge in [0.1, 0.15) is 0 Å². The van der Waals surface area contributed by atoms with Crippen molar-refractivity contribution in [3.05, 3.63) is 0 Å². The number of nitrogens with zero attached hydrogens (tertiary/aromatic N) is 1. The van der Waals surface area contributed by atoms with Gasteiger partial charge >= 0.3 is 0 Å². The molecule has 0 bridgehead atoms. The van der Waals surface area contributed by atoms with Crippen LogP contribution in [0.3, 0.4) is 0 Å². The second-order valence-electron chi connectivity index (χ2n) is 9.85. The summed E-state index contributed by atoms with van der Waals surface area (Å²) in [5.41, 5.74) is 0. The molecule has 2 nitrogen and oxygen atoms in total. The van der Waals surface area contributed by atoms with Crippen LogP contribution >= 0.6 is 0 Å². The van der Waals surface area contributed by atoms with Gasteiger partial charge in [-0.05, 0) is 45.7 Å². The summed E-state index contributed by atoms with van der Waals surface area (Å²) < 4.78 is 1.24. The van der Waals surface area contributed by atoms with E-state index in [-0.39, 0.29) is 0 Å². The lowest BCUT2D eigenvalue weighted by atomic mass is 10.1. The highest BCUT2D eigenvalue weighted by Gasteiger charge is 2.13. The van der Waals surface area contributed by atoms with Gasteiger partial charge in [0, 0.05) is 0 Å². The number of quaternary nitrogens is 1. The Kier molecular flexibility index (Phi) is 21.6. The van der Waals surface area contributed by atoms with Crippen LogP contribution in [0.5, 0.6) is 0 Å². The van der Waals surface area contributed by atoms with Crippen LogP contribution in [-0.4, -0.2) is 45.3 Å². The van der Waals surface area contributed by atoms with E-state index in [1.807, 2.05) is 0 Å². The molecule has 0 saturated carbocycles. The van der Waals surface area contributed by atoms with Crippen LogP contribution in [0.15, 0.2) is 0 Å². The Hall–Kier alpha value is -0.0800. The van der Waals surface area contributed by atoms with Crippen molar-refractivity contribution in [1.82, 2.24) is 5.32 Å². The molecule has 0 atom stereocenters. The predicted octanol–water partition coefficient (Wildman–Crippen LogP) is 7.71. The van der Waals surface area contributed by atoms with Crippen molar-refractivity contribution in [3.63, 3.8) is 0 Å². The van der Waals surface area contributed by atoms with Crippen LogP contribution in [0.1, 0.15) is 129 Å². The third-order valence-corrected chi connectivity index (χ3v) is 6.31. The van der Waals surface area contributed by atoms with E-state index in [0.29, 0.717) is 0 Å². The smallest absolute Gasteiger partial charge is 0.0782 e. The van der Waals surface area contributed by atoms with Crippen LogP contribution in [0.2, 0.25) is 0 Å². The van der Waals surface area contributed by atoms with E-state index >= 15 is 0 Å². The molecule has 0 fully saturated rings. The van der Waals surface area contributed by atoms with Gasteiger partial charge in [-0.2, -0.15) is 0 Å². The predicted molar refractivity (Wildman–Crippen MR) is 129 cm³/mol. The number of nitrogens with one attached hydrogen (secondary N) is 1. The van der Waals surface area contributed by atoms with Gasteiger partial charge in [0.2, 0.25) is 0 Å². The molecule has 0 rings (SSSR count). The summed E-state index contributed by atoms with van der Waals surface area (Å²) in [6.45, 7) is 6.24. The third-order valence-electron chi connectivity index (χ3n) is 6.31. The molecule has 0 aromatic rings. The average molecular weight is 398 g/mol. The summed E-state index contributed by atoms with van der Waals surface area (Å²) in [5, 5.41) is 3.24. The largest absolute Gasteiger partial charge is 0.328 e. The summed E-state index contributed by atoms with van der Waals surface area (Å²) in [6.07, 6.45) is 27.3. The molecule has 0 aliphatic carbocycles. The van der Waals surface area contributed by atoms with E-state index in [2.05, 4.69) is 33.4 Å². The zero-order valence-corrected chi connectivity index (χ0v) is 20.5. The minimum absolute atomic E-state index is 1.19. The molecule has 0 radical (unpaired) electrons. The zero-order valence-electron chi connectivity index (χ0n) is 20.5. The van der Waals surface area contributed by atoms with Crippen LogP contribution < -0.4 is 5.32 Å². The fourth-order valence-corrected chi connectivity index (χ4v) is 4.22. The van der Waals surface area contributed by atoms with Gasteiger partial charge in [-0.1, -0.05) is 96.8 Å². The Morgan fingerprint density at radius 1 is 0.464 bits per heavy atom. The maximum atomic E-state index is 3.24. The lowest BCUT2D eigenvalue weighted by Crippen LogP contribution is -2.41. The average Bonchev–Trinajstić information content (AvgIpc) is 2.67. The Bertz CT molecular complexity index is 288. The summed E-state index contributed by atoms with van der Waals surface area (Å²) in [7, 11) is 6.94. The highest BCUT2D eigenvalue weighted by Crippen LogP contribution is 2.13. The van der Waals surface area contributed by atoms with Crippen molar-refractivity contribution in [3.8, 4) is 0 Å². The molecule has 0 unspecified atom stereocenters. The van der Waals surface area contributed by atoms with Crippen LogP contribution in [0, 0.1) is 0 Å². The highest BCUT2D eigenvalue weighted by molar-refractivity contribution is 4.50. The van der Waals surface area contributed by atoms with E-state index in [0.717, 1.165) is 0 Å². The van der Waals surface area contributed by atoms with E-state index < -0.39 is 0 Å². The molecule has 0 saturated heterocycles. The highest BCUT2D eigenvalue weighted by atomic mass is 15.3. The van der Waals surface area contributed by atoms with E-state index in [1.165, 1.54) is 146 Å². The molecule has 1 N–H and O–H groups in total. The molecule has 0 heterocycles. The first-order chi connectivity index (χ1) is 13.6. The minimum Gasteiger partial charge on any atom is -0.328 e. The van der Waals surface area contributed by atoms with Gasteiger partial charge in [0.05, 0.1) is 27.2 Å². The first kappa shape index (κ1) is 27.9. The standard InChI is InChI=1S/C26H57N2/c1-5-6-7-8-9-10-13-16-19-22-25-28(3,4)26-23-20-17-14-11-12-15-18-21-24-27-2/h27H,5-26H2,1-4H3/q+1. The molecule has 0 aliphatic rings. The maximum Gasteiger partial charge on any atom is 0.0782 e. The Labute approximate surface area is 179 Å². The van der Waals surface area contributed by atoms with Crippen LogP contribution in [-0.2, 0) is 0 Å². The lowest BCUT2D eigenvalue weighted by Gasteiger charge is -2.30. The molecule has 28 heavy (non-hydrogen) atoms. The molecule has 2 heteroatoms. The second kappa shape index (κ2) is 21.6. The summed E-state index contributed by atoms with van der Waals surface area (Å²) in [6, 6.07) is 0. The monoisotopic (exact) mass is 397 g/mol. The molecule has 0 aromatic carbocycles. The molecular weight excluding hydrogens is 340 g/mol. The number of rotatable bonds is 23. The fraction of sp³-hybridized carbons (Fsp3) is 1.00. The van der Waals surface area contributed by atoms with Gasteiger partial charge in [0.25, 0.3) is 0 Å². The lowest BCUT2D eigenvalue weighted by molar-refractivity contribution is -0.890. The Morgan fingerprint density at radius 2 is 0.786 bits per heavy atom. The first-order valence-electron chi connectivity index (χ1n) is 13.1. The molecule has 0 aliphatic heterocycles. The van der Waals surface area contributed by atoms with E-state index in [4.69, 9.17) is 0 Å². The molecule has 170 valence electrons. The van der Waals surface area contributed by atoms with Gasteiger partial charge in [-0.3, -0.25) is 0 Å². The van der Waals surface area contributed by atoms with Crippen molar-refractivity contribution >= 4 is 0 Å². The zero-order chi connectivity index (χ0) is 20.8. The maximum absolute atomic E-state index is 3.24. The third kappa shape index (κ3) is 22.2. The quantitative estimate of drug-likeness (QED) is 0.137. The Morgan fingerprint density at radius 3 is 1.14 bits per heavy atom.